The molecule has 10 nitrogen and oxygen atoms in total. The van der Waals surface area contributed by atoms with Gasteiger partial charge in [0, 0.05) is 99.2 Å². The average molecular weight is 1660 g/mol. The standard InChI is InChI=1S/C63H41N5.C57H37N5/c1-4-16-42(17-5-1)45-30-32-46(33-31-45)61-64-62(49-22-14-24-51(38-49)67-57-28-12-10-26-53(57)55-40-47(34-36-59(55)67)43-18-6-2-7-19-43)66-63(65-61)50-23-15-25-52(39-50)68-58-29-13-11-27-54(58)56-41-48(35-37-60(56)68)44-20-8-3-9-21-44;1-4-15-38(16-5-1)40-27-29-41(30-28-40)55-58-56(60-57(59-55)44-31-33-49-47-23-10-12-25-51(47)61(54(49)37-44)45-20-8-3-9-21-45)43-19-14-22-46(35-43)62-52-26-13-11-24-48(52)50-36-42(32-34-53(50)62)39-17-6-2-7-18-39/h1-41H;1-37H. The molecule has 0 spiro atoms. The number of fused-ring (bicyclic) bond motifs is 12. The molecule has 6 aromatic heterocycles. The van der Waals surface area contributed by atoms with E-state index in [0.717, 1.165) is 123 Å². The van der Waals surface area contributed by atoms with E-state index in [-0.39, 0.29) is 0 Å². The van der Waals surface area contributed by atoms with Gasteiger partial charge in [-0.15, -0.1) is 0 Å². The van der Waals surface area contributed by atoms with Crippen molar-refractivity contribution in [3.63, 3.8) is 0 Å². The molecule has 0 bridgehead atoms. The van der Waals surface area contributed by atoms with Crippen molar-refractivity contribution in [2.75, 3.05) is 0 Å². The molecule has 6 heterocycles. The van der Waals surface area contributed by atoms with E-state index in [1.165, 1.54) is 76.5 Å². The molecule has 608 valence electrons. The van der Waals surface area contributed by atoms with Crippen LogP contribution < -0.4 is 0 Å². The normalized spacial score (nSPS) is 11.5. The van der Waals surface area contributed by atoms with Gasteiger partial charge in [-0.25, -0.2) is 29.9 Å². The molecule has 0 aliphatic heterocycles. The zero-order chi connectivity index (χ0) is 86.0. The topological polar surface area (TPSA) is 97.1 Å². The second kappa shape index (κ2) is 32.5. The van der Waals surface area contributed by atoms with Crippen molar-refractivity contribution in [2.24, 2.45) is 0 Å². The summed E-state index contributed by atoms with van der Waals surface area (Å²) in [5.41, 5.74) is 30.5. The lowest BCUT2D eigenvalue weighted by molar-refractivity contribution is 1.07. The first-order valence-electron chi connectivity index (χ1n) is 43.9. The summed E-state index contributed by atoms with van der Waals surface area (Å²) in [6.07, 6.45) is 0. The van der Waals surface area contributed by atoms with Gasteiger partial charge >= 0.3 is 0 Å². The molecule has 25 aromatic rings. The third-order valence-electron chi connectivity index (χ3n) is 25.1. The fraction of sp³-hybridized carbons (Fsp3) is 0. The summed E-state index contributed by atoms with van der Waals surface area (Å²) < 4.78 is 9.39. The highest BCUT2D eigenvalue weighted by atomic mass is 15.1. The molecule has 19 aromatic carbocycles. The summed E-state index contributed by atoms with van der Waals surface area (Å²) >= 11 is 0. The molecule has 0 saturated carbocycles. The average Bonchev–Trinajstić information content (AvgIpc) is 1.61. The van der Waals surface area contributed by atoms with Gasteiger partial charge in [-0.3, -0.25) is 0 Å². The third kappa shape index (κ3) is 13.9. The minimum atomic E-state index is 0.599. The zero-order valence-electron chi connectivity index (χ0n) is 70.5. The van der Waals surface area contributed by atoms with Crippen molar-refractivity contribution in [3.05, 3.63) is 473 Å². The highest BCUT2D eigenvalue weighted by Gasteiger charge is 2.24. The number of hydrogen-bond donors (Lipinski definition) is 0. The number of para-hydroxylation sites is 5. The van der Waals surface area contributed by atoms with Crippen LogP contribution >= 0.6 is 0 Å². The predicted molar refractivity (Wildman–Crippen MR) is 537 cm³/mol. The highest BCUT2D eigenvalue weighted by molar-refractivity contribution is 6.14. The summed E-state index contributed by atoms with van der Waals surface area (Å²) in [6, 6.07) is 167. The second-order valence-corrected chi connectivity index (χ2v) is 32.9. The lowest BCUT2D eigenvalue weighted by Crippen LogP contribution is -2.02. The molecule has 0 fully saturated rings. The molecule has 25 rings (SSSR count). The Bertz CT molecular complexity index is 8400. The number of benzene rings is 19. The maximum Gasteiger partial charge on any atom is 0.164 e. The van der Waals surface area contributed by atoms with E-state index in [2.05, 4.69) is 479 Å². The van der Waals surface area contributed by atoms with E-state index in [4.69, 9.17) is 29.9 Å². The number of hydrogen-bond acceptors (Lipinski definition) is 6. The van der Waals surface area contributed by atoms with Gasteiger partial charge in [0.1, 0.15) is 0 Å². The summed E-state index contributed by atoms with van der Waals surface area (Å²) in [7, 11) is 0. The Balaban J connectivity index is 0.000000145. The van der Waals surface area contributed by atoms with Gasteiger partial charge in [0.2, 0.25) is 0 Å². The van der Waals surface area contributed by atoms with Crippen LogP contribution in [0.5, 0.6) is 0 Å². The van der Waals surface area contributed by atoms with Crippen LogP contribution in [-0.4, -0.2) is 48.2 Å². The van der Waals surface area contributed by atoms with E-state index in [1.807, 2.05) is 12.1 Å². The van der Waals surface area contributed by atoms with Crippen LogP contribution in [0.25, 0.3) is 234 Å². The molecule has 0 aliphatic rings. The summed E-state index contributed by atoms with van der Waals surface area (Å²) in [4.78, 5) is 31.5. The van der Waals surface area contributed by atoms with Gasteiger partial charge < -0.3 is 18.3 Å². The first kappa shape index (κ1) is 76.1. The van der Waals surface area contributed by atoms with Crippen LogP contribution in [0.1, 0.15) is 0 Å². The predicted octanol–water partition coefficient (Wildman–Crippen LogP) is 30.5. The van der Waals surface area contributed by atoms with Crippen LogP contribution in [0.2, 0.25) is 0 Å². The maximum absolute atomic E-state index is 5.31. The Labute approximate surface area is 750 Å². The maximum atomic E-state index is 5.31. The molecule has 0 radical (unpaired) electrons. The van der Waals surface area contributed by atoms with Crippen molar-refractivity contribution in [1.29, 1.82) is 0 Å². The molecule has 0 aliphatic carbocycles. The number of nitrogens with zero attached hydrogens (tertiary/aromatic N) is 10. The minimum Gasteiger partial charge on any atom is -0.309 e. The van der Waals surface area contributed by atoms with Gasteiger partial charge in [0.25, 0.3) is 0 Å². The zero-order valence-corrected chi connectivity index (χ0v) is 70.5. The summed E-state index contributed by atoms with van der Waals surface area (Å²) in [5, 5.41) is 9.60. The van der Waals surface area contributed by atoms with E-state index in [1.54, 1.807) is 0 Å². The van der Waals surface area contributed by atoms with Gasteiger partial charge in [-0.2, -0.15) is 0 Å². The van der Waals surface area contributed by atoms with Gasteiger partial charge in [-0.05, 0) is 171 Å². The Morgan fingerprint density at radius 2 is 0.308 bits per heavy atom. The molecule has 10 heteroatoms. The van der Waals surface area contributed by atoms with Crippen LogP contribution in [0.4, 0.5) is 0 Å². The fourth-order valence-electron chi connectivity index (χ4n) is 18.9. The van der Waals surface area contributed by atoms with Crippen LogP contribution in [0.3, 0.4) is 0 Å². The van der Waals surface area contributed by atoms with Crippen LogP contribution in [-0.2, 0) is 0 Å². The Hall–Kier alpha value is -17.6. The number of aromatic nitrogens is 10. The largest absolute Gasteiger partial charge is 0.309 e. The Morgan fingerprint density at radius 3 is 0.631 bits per heavy atom. The van der Waals surface area contributed by atoms with Crippen molar-refractivity contribution in [2.45, 2.75) is 0 Å². The van der Waals surface area contributed by atoms with E-state index >= 15 is 0 Å². The van der Waals surface area contributed by atoms with Crippen LogP contribution in [0.15, 0.2) is 473 Å². The Kier molecular flexibility index (Phi) is 19.0. The van der Waals surface area contributed by atoms with Crippen LogP contribution in [0, 0.1) is 0 Å². The van der Waals surface area contributed by atoms with E-state index < -0.39 is 0 Å². The molecule has 130 heavy (non-hydrogen) atoms. The smallest absolute Gasteiger partial charge is 0.164 e. The third-order valence-corrected chi connectivity index (χ3v) is 25.1. The quantitative estimate of drug-likeness (QED) is 0.101. The molecular formula is C120H78N10. The monoisotopic (exact) mass is 1660 g/mol. The second-order valence-electron chi connectivity index (χ2n) is 32.9. The molecular weight excluding hydrogens is 1580 g/mol. The van der Waals surface area contributed by atoms with Crippen molar-refractivity contribution >= 4 is 87.2 Å². The molecule has 0 saturated heterocycles. The first-order chi connectivity index (χ1) is 64.4. The van der Waals surface area contributed by atoms with Crippen molar-refractivity contribution in [3.8, 4) is 147 Å². The highest BCUT2D eigenvalue weighted by Crippen LogP contribution is 2.43. The van der Waals surface area contributed by atoms with Gasteiger partial charge in [0.15, 0.2) is 34.9 Å². The summed E-state index contributed by atoms with van der Waals surface area (Å²) in [5.74, 6) is 3.64. The molecule has 0 amide bonds. The first-order valence-corrected chi connectivity index (χ1v) is 43.9. The lowest BCUT2D eigenvalue weighted by Gasteiger charge is -2.13. The molecule has 0 N–H and O–H groups in total. The lowest BCUT2D eigenvalue weighted by atomic mass is 10.0. The summed E-state index contributed by atoms with van der Waals surface area (Å²) in [6.45, 7) is 0. The van der Waals surface area contributed by atoms with Crippen molar-refractivity contribution in [1.82, 2.24) is 48.2 Å². The van der Waals surface area contributed by atoms with E-state index in [9.17, 15) is 0 Å². The molecule has 0 atom stereocenters. The van der Waals surface area contributed by atoms with Gasteiger partial charge in [0.05, 0.1) is 44.1 Å². The van der Waals surface area contributed by atoms with Gasteiger partial charge in [-0.1, -0.05) is 358 Å². The van der Waals surface area contributed by atoms with Crippen molar-refractivity contribution < 1.29 is 0 Å². The minimum absolute atomic E-state index is 0.599. The SMILES string of the molecule is c1ccc(-c2ccc(-c3nc(-c4cccc(-n5c6ccccc6c6cc(-c7ccccc7)ccc65)c4)nc(-c4ccc5c6ccccc6n(-c6ccccc6)c5c4)n3)cc2)cc1.c1ccc(-c2ccc(-c3nc(-c4cccc(-n5c6ccccc6c6cc(-c7ccccc7)ccc65)c4)nc(-c4cccc(-n5c6ccccc6c6cc(-c7ccccc7)ccc65)c4)n3)cc2)cc1. The Morgan fingerprint density at radius 1 is 0.108 bits per heavy atom. The number of rotatable bonds is 15. The van der Waals surface area contributed by atoms with E-state index in [0.29, 0.717) is 34.9 Å². The fourth-order valence-corrected chi connectivity index (χ4v) is 18.9. The molecule has 0 unspecified atom stereocenters.